The average Bonchev–Trinajstić information content (AvgIpc) is 2.31. The van der Waals surface area contributed by atoms with Crippen LogP contribution in [-0.2, 0) is 4.79 Å². The van der Waals surface area contributed by atoms with Crippen molar-refractivity contribution in [1.82, 2.24) is 0 Å². The molecule has 0 aliphatic heterocycles. The van der Waals surface area contributed by atoms with Crippen molar-refractivity contribution < 1.29 is 15.0 Å². The van der Waals surface area contributed by atoms with Crippen LogP contribution in [0.5, 0.6) is 0 Å². The fraction of sp³-hybridized carbons (Fsp3) is 0.929. The molecule has 0 bridgehead atoms. The molecule has 2 N–H and O–H groups in total. The minimum absolute atomic E-state index is 0.273. The van der Waals surface area contributed by atoms with Gasteiger partial charge in [0.1, 0.15) is 0 Å². The number of carboxylic acids is 1. The molecule has 0 aromatic rings. The lowest BCUT2D eigenvalue weighted by atomic mass is 9.60. The van der Waals surface area contributed by atoms with Crippen molar-refractivity contribution in [2.24, 2.45) is 17.3 Å². The van der Waals surface area contributed by atoms with E-state index in [-0.39, 0.29) is 6.10 Å². The average molecular weight is 240 g/mol. The van der Waals surface area contributed by atoms with Crippen LogP contribution in [0.25, 0.3) is 0 Å². The van der Waals surface area contributed by atoms with Crippen molar-refractivity contribution in [2.75, 3.05) is 0 Å². The molecule has 2 aliphatic rings. The van der Waals surface area contributed by atoms with Gasteiger partial charge in [-0.25, -0.2) is 0 Å². The predicted octanol–water partition coefficient (Wildman–Crippen LogP) is 2.82. The van der Waals surface area contributed by atoms with Gasteiger partial charge in [-0.1, -0.05) is 19.8 Å². The molecule has 98 valence electrons. The van der Waals surface area contributed by atoms with E-state index >= 15 is 0 Å². The zero-order valence-electron chi connectivity index (χ0n) is 10.7. The Balaban J connectivity index is 2.09. The topological polar surface area (TPSA) is 57.5 Å². The van der Waals surface area contributed by atoms with Crippen molar-refractivity contribution in [3.05, 3.63) is 0 Å². The summed E-state index contributed by atoms with van der Waals surface area (Å²) in [4.78, 5) is 11.7. The van der Waals surface area contributed by atoms with Gasteiger partial charge in [-0.3, -0.25) is 4.79 Å². The maximum Gasteiger partial charge on any atom is 0.309 e. The molecule has 0 amide bonds. The van der Waals surface area contributed by atoms with Gasteiger partial charge in [-0.15, -0.1) is 0 Å². The number of hydrogen-bond acceptors (Lipinski definition) is 2. The van der Waals surface area contributed by atoms with E-state index < -0.39 is 11.4 Å². The number of carboxylic acid groups (broad SMARTS) is 1. The summed E-state index contributed by atoms with van der Waals surface area (Å²) < 4.78 is 0. The highest BCUT2D eigenvalue weighted by Gasteiger charge is 2.48. The van der Waals surface area contributed by atoms with Gasteiger partial charge in [0.15, 0.2) is 0 Å². The van der Waals surface area contributed by atoms with Crippen LogP contribution >= 0.6 is 0 Å². The van der Waals surface area contributed by atoms with Gasteiger partial charge in [0, 0.05) is 0 Å². The molecule has 2 fully saturated rings. The number of hydrogen-bond donors (Lipinski definition) is 2. The van der Waals surface area contributed by atoms with E-state index in [2.05, 4.69) is 6.92 Å². The normalized spacial score (nSPS) is 43.3. The van der Waals surface area contributed by atoms with Crippen LogP contribution in [0.1, 0.15) is 58.3 Å². The molecular formula is C14H24O3. The SMILES string of the molecule is CC1CCC(C2(C(=O)O)CCC(O)CC2)CC1. The Morgan fingerprint density at radius 3 is 2.06 bits per heavy atom. The summed E-state index contributed by atoms with van der Waals surface area (Å²) in [6, 6.07) is 0. The van der Waals surface area contributed by atoms with E-state index in [9.17, 15) is 15.0 Å². The summed E-state index contributed by atoms with van der Waals surface area (Å²) in [5.74, 6) is 0.471. The lowest BCUT2D eigenvalue weighted by Crippen LogP contribution is -2.44. The highest BCUT2D eigenvalue weighted by molar-refractivity contribution is 5.75. The van der Waals surface area contributed by atoms with Crippen molar-refractivity contribution in [3.63, 3.8) is 0 Å². The highest BCUT2D eigenvalue weighted by Crippen LogP contribution is 2.49. The molecule has 0 radical (unpaired) electrons. The van der Waals surface area contributed by atoms with Crippen LogP contribution in [0.15, 0.2) is 0 Å². The smallest absolute Gasteiger partial charge is 0.309 e. The molecule has 0 spiro atoms. The third-order valence-electron chi connectivity index (χ3n) is 5.07. The van der Waals surface area contributed by atoms with Crippen molar-refractivity contribution >= 4 is 5.97 Å². The second-order valence-corrected chi connectivity index (χ2v) is 6.15. The third kappa shape index (κ3) is 2.49. The van der Waals surface area contributed by atoms with Gasteiger partial charge in [0.05, 0.1) is 11.5 Å². The second-order valence-electron chi connectivity index (χ2n) is 6.15. The molecule has 0 unspecified atom stereocenters. The molecule has 2 saturated carbocycles. The Labute approximate surface area is 103 Å². The van der Waals surface area contributed by atoms with Crippen LogP contribution < -0.4 is 0 Å². The molecule has 17 heavy (non-hydrogen) atoms. The molecule has 0 aromatic heterocycles. The maximum absolute atomic E-state index is 11.7. The highest BCUT2D eigenvalue weighted by atomic mass is 16.4. The van der Waals surface area contributed by atoms with E-state index in [0.29, 0.717) is 31.6 Å². The van der Waals surface area contributed by atoms with Crippen LogP contribution in [0.2, 0.25) is 0 Å². The number of aliphatic carboxylic acids is 1. The quantitative estimate of drug-likeness (QED) is 0.780. The van der Waals surface area contributed by atoms with Crippen molar-refractivity contribution in [1.29, 1.82) is 0 Å². The Kier molecular flexibility index (Phi) is 3.76. The monoisotopic (exact) mass is 240 g/mol. The Morgan fingerprint density at radius 2 is 1.59 bits per heavy atom. The Hall–Kier alpha value is -0.570. The number of aliphatic hydroxyl groups excluding tert-OH is 1. The summed E-state index contributed by atoms with van der Waals surface area (Å²) in [5.41, 5.74) is -0.528. The van der Waals surface area contributed by atoms with E-state index in [1.54, 1.807) is 0 Å². The van der Waals surface area contributed by atoms with Gasteiger partial charge < -0.3 is 10.2 Å². The van der Waals surface area contributed by atoms with Gasteiger partial charge in [0.2, 0.25) is 0 Å². The summed E-state index contributed by atoms with van der Waals surface area (Å²) >= 11 is 0. The van der Waals surface area contributed by atoms with Crippen LogP contribution in [0.4, 0.5) is 0 Å². The zero-order valence-corrected chi connectivity index (χ0v) is 10.7. The van der Waals surface area contributed by atoms with Crippen LogP contribution in [-0.4, -0.2) is 22.3 Å². The lowest BCUT2D eigenvalue weighted by Gasteiger charge is -2.44. The largest absolute Gasteiger partial charge is 0.481 e. The summed E-state index contributed by atoms with van der Waals surface area (Å²) in [7, 11) is 0. The molecule has 0 aromatic carbocycles. The minimum atomic E-state index is -0.621. The molecule has 2 rings (SSSR count). The van der Waals surface area contributed by atoms with E-state index in [0.717, 1.165) is 18.8 Å². The summed E-state index contributed by atoms with van der Waals surface area (Å²) in [6.45, 7) is 2.26. The van der Waals surface area contributed by atoms with E-state index in [1.165, 1.54) is 12.8 Å². The lowest BCUT2D eigenvalue weighted by molar-refractivity contribution is -0.158. The fourth-order valence-electron chi connectivity index (χ4n) is 3.73. The standard InChI is InChI=1S/C14H24O3/c1-10-2-4-11(5-3-10)14(13(16)17)8-6-12(15)7-9-14/h10-12,15H,2-9H2,1H3,(H,16,17). The number of carbonyl (C=O) groups is 1. The van der Waals surface area contributed by atoms with Crippen molar-refractivity contribution in [2.45, 2.75) is 64.4 Å². The molecule has 0 atom stereocenters. The number of aliphatic hydroxyl groups is 1. The van der Waals surface area contributed by atoms with Gasteiger partial charge in [-0.05, 0) is 50.4 Å². The second kappa shape index (κ2) is 4.97. The maximum atomic E-state index is 11.7. The predicted molar refractivity (Wildman–Crippen MR) is 65.7 cm³/mol. The molecule has 3 heteroatoms. The number of rotatable bonds is 2. The van der Waals surface area contributed by atoms with Gasteiger partial charge >= 0.3 is 5.97 Å². The molecule has 0 saturated heterocycles. The molecule has 0 heterocycles. The Morgan fingerprint density at radius 1 is 1.06 bits per heavy atom. The van der Waals surface area contributed by atoms with E-state index in [1.807, 2.05) is 0 Å². The summed E-state index contributed by atoms with van der Waals surface area (Å²) in [5, 5.41) is 19.2. The third-order valence-corrected chi connectivity index (χ3v) is 5.07. The van der Waals surface area contributed by atoms with E-state index in [4.69, 9.17) is 0 Å². The van der Waals surface area contributed by atoms with Crippen LogP contribution in [0, 0.1) is 17.3 Å². The first-order chi connectivity index (χ1) is 8.04. The minimum Gasteiger partial charge on any atom is -0.481 e. The van der Waals surface area contributed by atoms with Gasteiger partial charge in [-0.2, -0.15) is 0 Å². The molecular weight excluding hydrogens is 216 g/mol. The first-order valence-corrected chi connectivity index (χ1v) is 6.96. The first kappa shape index (κ1) is 12.9. The summed E-state index contributed by atoms with van der Waals surface area (Å²) in [6.07, 6.45) is 6.85. The molecule has 2 aliphatic carbocycles. The fourth-order valence-corrected chi connectivity index (χ4v) is 3.73. The van der Waals surface area contributed by atoms with Crippen molar-refractivity contribution in [3.8, 4) is 0 Å². The van der Waals surface area contributed by atoms with Crippen LogP contribution in [0.3, 0.4) is 0 Å². The van der Waals surface area contributed by atoms with Gasteiger partial charge in [0.25, 0.3) is 0 Å². The zero-order chi connectivity index (χ0) is 12.5. The first-order valence-electron chi connectivity index (χ1n) is 6.96. The Bertz CT molecular complexity index is 271. The molecule has 3 nitrogen and oxygen atoms in total.